The first-order chi connectivity index (χ1) is 9.36. The largest absolute Gasteiger partial charge is 0.378 e. The first-order valence-corrected chi connectivity index (χ1v) is 8.36. The molecule has 1 saturated carbocycles. The number of hydrogen-bond donors (Lipinski definition) is 1. The molecule has 0 amide bonds. The molecular weight excluding hydrogens is 254 g/mol. The molecule has 2 nitrogen and oxygen atoms in total. The van der Waals surface area contributed by atoms with E-state index in [1.165, 1.54) is 41.9 Å². The topological polar surface area (TPSA) is 21.3 Å². The molecule has 1 N–H and O–H groups in total. The van der Waals surface area contributed by atoms with Gasteiger partial charge in [0.2, 0.25) is 0 Å². The average Bonchev–Trinajstić information content (AvgIpc) is 2.89. The van der Waals surface area contributed by atoms with E-state index in [0.29, 0.717) is 18.1 Å². The van der Waals surface area contributed by atoms with Gasteiger partial charge in [-0.3, -0.25) is 0 Å². The molecule has 1 aliphatic heterocycles. The highest BCUT2D eigenvalue weighted by Gasteiger charge is 2.25. The van der Waals surface area contributed by atoms with E-state index < -0.39 is 0 Å². The molecule has 0 radical (unpaired) electrons. The maximum Gasteiger partial charge on any atom is 0.0576 e. The quantitative estimate of drug-likeness (QED) is 0.911. The minimum atomic E-state index is 0.488. The van der Waals surface area contributed by atoms with E-state index in [2.05, 4.69) is 36.6 Å². The lowest BCUT2D eigenvalue weighted by molar-refractivity contribution is 0.0176. The number of fused-ring (bicyclic) bond motifs is 1. The van der Waals surface area contributed by atoms with Crippen molar-refractivity contribution in [2.75, 3.05) is 19.4 Å². The highest BCUT2D eigenvalue weighted by molar-refractivity contribution is 7.99. The summed E-state index contributed by atoms with van der Waals surface area (Å²) in [6.45, 7) is 0.902. The minimum absolute atomic E-state index is 0.488. The molecule has 1 heterocycles. The summed E-state index contributed by atoms with van der Waals surface area (Å²) in [6, 6.07) is 9.49. The van der Waals surface area contributed by atoms with Crippen molar-refractivity contribution in [3.8, 4) is 0 Å². The second-order valence-corrected chi connectivity index (χ2v) is 6.70. The summed E-state index contributed by atoms with van der Waals surface area (Å²) in [4.78, 5) is 1.45. The minimum Gasteiger partial charge on any atom is -0.378 e. The lowest BCUT2D eigenvalue weighted by Gasteiger charge is -2.29. The Balaban J connectivity index is 1.49. The number of nitrogens with one attached hydrogen (secondary N) is 1. The lowest BCUT2D eigenvalue weighted by Crippen LogP contribution is -2.33. The molecule has 1 aromatic rings. The van der Waals surface area contributed by atoms with Gasteiger partial charge in [-0.25, -0.2) is 0 Å². The molecule has 19 heavy (non-hydrogen) atoms. The number of ether oxygens (including phenoxy) is 1. The monoisotopic (exact) mass is 277 g/mol. The molecule has 2 aliphatic rings. The number of thioether (sulfide) groups is 1. The van der Waals surface area contributed by atoms with Crippen LogP contribution in [0.5, 0.6) is 0 Å². The van der Waals surface area contributed by atoms with Crippen LogP contribution in [0.3, 0.4) is 0 Å². The zero-order valence-corrected chi connectivity index (χ0v) is 12.4. The molecule has 1 aromatic carbocycles. The Morgan fingerprint density at radius 1 is 1.21 bits per heavy atom. The Hall–Kier alpha value is -0.510. The summed E-state index contributed by atoms with van der Waals surface area (Å²) in [6.07, 6.45) is 5.44. The fourth-order valence-electron chi connectivity index (χ4n) is 3.14. The normalized spacial score (nSPS) is 30.3. The maximum atomic E-state index is 6.18. The summed E-state index contributed by atoms with van der Waals surface area (Å²) in [7, 11) is 2.07. The van der Waals surface area contributed by atoms with Crippen molar-refractivity contribution >= 4 is 11.8 Å². The predicted octanol–water partition coefficient (Wildman–Crippen LogP) is 3.42. The SMILES string of the molecule is CNC1CCC(OCC2CSc3ccccc32)CC1. The third-order valence-electron chi connectivity index (χ3n) is 4.41. The van der Waals surface area contributed by atoms with E-state index in [4.69, 9.17) is 4.74 Å². The third-order valence-corrected chi connectivity index (χ3v) is 5.67. The molecule has 1 atom stereocenters. The fraction of sp³-hybridized carbons (Fsp3) is 0.625. The third kappa shape index (κ3) is 3.15. The number of benzene rings is 1. The molecule has 0 saturated heterocycles. The van der Waals surface area contributed by atoms with Gasteiger partial charge in [-0.2, -0.15) is 0 Å². The van der Waals surface area contributed by atoms with Gasteiger partial charge < -0.3 is 10.1 Å². The molecule has 104 valence electrons. The van der Waals surface area contributed by atoms with Crippen LogP contribution >= 0.6 is 11.8 Å². The predicted molar refractivity (Wildman–Crippen MR) is 81.0 cm³/mol. The van der Waals surface area contributed by atoms with Gasteiger partial charge in [0.1, 0.15) is 0 Å². The molecule has 0 bridgehead atoms. The van der Waals surface area contributed by atoms with E-state index in [9.17, 15) is 0 Å². The van der Waals surface area contributed by atoms with Crippen LogP contribution in [-0.2, 0) is 4.74 Å². The van der Waals surface area contributed by atoms with Crippen LogP contribution in [0.2, 0.25) is 0 Å². The van der Waals surface area contributed by atoms with E-state index in [1.807, 2.05) is 11.8 Å². The summed E-state index contributed by atoms with van der Waals surface area (Å²) in [5.41, 5.74) is 1.50. The lowest BCUT2D eigenvalue weighted by atomic mass is 9.93. The molecule has 3 heteroatoms. The second-order valence-electron chi connectivity index (χ2n) is 5.64. The van der Waals surface area contributed by atoms with Crippen LogP contribution in [0.1, 0.15) is 37.2 Å². The van der Waals surface area contributed by atoms with Crippen LogP contribution in [0, 0.1) is 0 Å². The number of hydrogen-bond acceptors (Lipinski definition) is 3. The van der Waals surface area contributed by atoms with Crippen LogP contribution in [0.4, 0.5) is 0 Å². The summed E-state index contributed by atoms with van der Waals surface area (Å²) in [5.74, 6) is 1.79. The van der Waals surface area contributed by atoms with Crippen molar-refractivity contribution in [2.45, 2.75) is 48.6 Å². The van der Waals surface area contributed by atoms with Crippen molar-refractivity contribution in [3.63, 3.8) is 0 Å². The van der Waals surface area contributed by atoms with Gasteiger partial charge in [0, 0.05) is 22.6 Å². The highest BCUT2D eigenvalue weighted by atomic mass is 32.2. The molecular formula is C16H23NOS. The van der Waals surface area contributed by atoms with E-state index in [-0.39, 0.29) is 0 Å². The average molecular weight is 277 g/mol. The van der Waals surface area contributed by atoms with Gasteiger partial charge in [-0.05, 0) is 44.4 Å². The molecule has 0 aromatic heterocycles. The first-order valence-electron chi connectivity index (χ1n) is 7.37. The van der Waals surface area contributed by atoms with Crippen molar-refractivity contribution in [1.29, 1.82) is 0 Å². The van der Waals surface area contributed by atoms with Gasteiger partial charge in [0.15, 0.2) is 0 Å². The van der Waals surface area contributed by atoms with Gasteiger partial charge in [-0.1, -0.05) is 18.2 Å². The van der Waals surface area contributed by atoms with Crippen LogP contribution < -0.4 is 5.32 Å². The molecule has 3 rings (SSSR count). The maximum absolute atomic E-state index is 6.18. The standard InChI is InChI=1S/C16H23NOS/c1-17-13-6-8-14(9-7-13)18-10-12-11-19-16-5-3-2-4-15(12)16/h2-5,12-14,17H,6-11H2,1H3. The van der Waals surface area contributed by atoms with Crippen molar-refractivity contribution in [1.82, 2.24) is 5.32 Å². The second kappa shape index (κ2) is 6.29. The molecule has 0 spiro atoms. The molecule has 1 aliphatic carbocycles. The van der Waals surface area contributed by atoms with Crippen molar-refractivity contribution in [3.05, 3.63) is 29.8 Å². The Morgan fingerprint density at radius 2 is 2.00 bits per heavy atom. The van der Waals surface area contributed by atoms with Crippen LogP contribution in [0.15, 0.2) is 29.2 Å². The van der Waals surface area contributed by atoms with E-state index >= 15 is 0 Å². The highest BCUT2D eigenvalue weighted by Crippen LogP contribution is 2.39. The zero-order chi connectivity index (χ0) is 13.1. The van der Waals surface area contributed by atoms with E-state index in [0.717, 1.165) is 6.61 Å². The van der Waals surface area contributed by atoms with Gasteiger partial charge in [0.25, 0.3) is 0 Å². The van der Waals surface area contributed by atoms with Crippen LogP contribution in [-0.4, -0.2) is 31.6 Å². The van der Waals surface area contributed by atoms with Gasteiger partial charge in [0.05, 0.1) is 12.7 Å². The fourth-order valence-corrected chi connectivity index (χ4v) is 4.37. The van der Waals surface area contributed by atoms with Crippen molar-refractivity contribution < 1.29 is 4.74 Å². The van der Waals surface area contributed by atoms with Crippen LogP contribution in [0.25, 0.3) is 0 Å². The summed E-state index contributed by atoms with van der Waals surface area (Å²) in [5, 5.41) is 3.38. The van der Waals surface area contributed by atoms with Gasteiger partial charge >= 0.3 is 0 Å². The number of rotatable bonds is 4. The Morgan fingerprint density at radius 3 is 2.79 bits per heavy atom. The summed E-state index contributed by atoms with van der Waals surface area (Å²) < 4.78 is 6.18. The Labute approximate surface area is 120 Å². The molecule has 1 unspecified atom stereocenters. The Bertz CT molecular complexity index is 415. The van der Waals surface area contributed by atoms with Crippen molar-refractivity contribution in [2.24, 2.45) is 0 Å². The first kappa shape index (κ1) is 13.5. The molecule has 1 fully saturated rings. The Kier molecular flexibility index (Phi) is 4.46. The van der Waals surface area contributed by atoms with Gasteiger partial charge in [-0.15, -0.1) is 11.8 Å². The summed E-state index contributed by atoms with van der Waals surface area (Å²) >= 11 is 1.98. The van der Waals surface area contributed by atoms with E-state index in [1.54, 1.807) is 0 Å². The zero-order valence-electron chi connectivity index (χ0n) is 11.6. The smallest absolute Gasteiger partial charge is 0.0576 e.